The molecule has 0 saturated carbocycles. The SMILES string of the molecule is O=C1CC(C(=O)Nc2ccc(Cl)cc2Cl)n2cnnc2N1. The lowest BCUT2D eigenvalue weighted by Crippen LogP contribution is -2.35. The second-order valence-electron chi connectivity index (χ2n) is 4.44. The first-order chi connectivity index (χ1) is 10.0. The van der Waals surface area contributed by atoms with Crippen LogP contribution in [0.5, 0.6) is 0 Å². The van der Waals surface area contributed by atoms with Gasteiger partial charge in [0.25, 0.3) is 0 Å². The van der Waals surface area contributed by atoms with Crippen LogP contribution < -0.4 is 10.6 Å². The van der Waals surface area contributed by atoms with Crippen molar-refractivity contribution < 1.29 is 9.59 Å². The minimum Gasteiger partial charge on any atom is -0.323 e. The van der Waals surface area contributed by atoms with Crippen molar-refractivity contribution in [1.82, 2.24) is 14.8 Å². The van der Waals surface area contributed by atoms with Gasteiger partial charge >= 0.3 is 0 Å². The second-order valence-corrected chi connectivity index (χ2v) is 5.29. The molecule has 1 aromatic heterocycles. The average molecular weight is 326 g/mol. The van der Waals surface area contributed by atoms with Crippen molar-refractivity contribution >= 4 is 46.7 Å². The number of hydrogen-bond donors (Lipinski definition) is 2. The Labute approximate surface area is 129 Å². The van der Waals surface area contributed by atoms with Crippen LogP contribution in [0.3, 0.4) is 0 Å². The molecule has 7 nitrogen and oxygen atoms in total. The molecule has 2 N–H and O–H groups in total. The highest BCUT2D eigenvalue weighted by Crippen LogP contribution is 2.28. The van der Waals surface area contributed by atoms with Crippen LogP contribution in [0.1, 0.15) is 12.5 Å². The van der Waals surface area contributed by atoms with Gasteiger partial charge in [0, 0.05) is 5.02 Å². The van der Waals surface area contributed by atoms with E-state index in [1.54, 1.807) is 12.1 Å². The van der Waals surface area contributed by atoms with Crippen molar-refractivity contribution in [3.63, 3.8) is 0 Å². The van der Waals surface area contributed by atoms with E-state index in [-0.39, 0.29) is 24.2 Å². The van der Waals surface area contributed by atoms with Crippen molar-refractivity contribution in [3.8, 4) is 0 Å². The van der Waals surface area contributed by atoms with E-state index < -0.39 is 6.04 Å². The van der Waals surface area contributed by atoms with Gasteiger partial charge in [-0.1, -0.05) is 23.2 Å². The number of amides is 2. The first-order valence-corrected chi connectivity index (χ1v) is 6.75. The smallest absolute Gasteiger partial charge is 0.248 e. The molecule has 1 unspecified atom stereocenters. The molecular formula is C12H9Cl2N5O2. The zero-order chi connectivity index (χ0) is 15.0. The van der Waals surface area contributed by atoms with Crippen molar-refractivity contribution in [1.29, 1.82) is 0 Å². The summed E-state index contributed by atoms with van der Waals surface area (Å²) in [5.74, 6) is -0.429. The Morgan fingerprint density at radius 1 is 1.43 bits per heavy atom. The van der Waals surface area contributed by atoms with Gasteiger partial charge in [0.1, 0.15) is 12.4 Å². The Kier molecular flexibility index (Phi) is 3.52. The quantitative estimate of drug-likeness (QED) is 0.884. The fourth-order valence-electron chi connectivity index (χ4n) is 2.04. The molecule has 21 heavy (non-hydrogen) atoms. The Bertz CT molecular complexity index is 730. The minimum atomic E-state index is -0.726. The van der Waals surface area contributed by atoms with Gasteiger partial charge < -0.3 is 5.32 Å². The van der Waals surface area contributed by atoms with Crippen molar-refractivity contribution in [2.24, 2.45) is 0 Å². The van der Waals surface area contributed by atoms with Gasteiger partial charge in [-0.3, -0.25) is 19.5 Å². The number of nitrogens with one attached hydrogen (secondary N) is 2. The summed E-state index contributed by atoms with van der Waals surface area (Å²) in [6.07, 6.45) is 1.39. The first kappa shape index (κ1) is 13.8. The molecule has 2 heterocycles. The Morgan fingerprint density at radius 2 is 2.24 bits per heavy atom. The molecule has 108 valence electrons. The van der Waals surface area contributed by atoms with Gasteiger partial charge in [0.2, 0.25) is 17.8 Å². The number of halogens is 2. The van der Waals surface area contributed by atoms with E-state index in [1.165, 1.54) is 17.0 Å². The number of fused-ring (bicyclic) bond motifs is 1. The molecule has 0 saturated heterocycles. The van der Waals surface area contributed by atoms with Gasteiger partial charge in [-0.05, 0) is 18.2 Å². The fraction of sp³-hybridized carbons (Fsp3) is 0.167. The molecule has 2 aromatic rings. The van der Waals surface area contributed by atoms with Crippen molar-refractivity contribution in [3.05, 3.63) is 34.6 Å². The third-order valence-corrected chi connectivity index (χ3v) is 3.58. The maximum atomic E-state index is 12.4. The number of nitrogens with zero attached hydrogens (tertiary/aromatic N) is 3. The van der Waals surface area contributed by atoms with Crippen LogP contribution in [-0.4, -0.2) is 26.6 Å². The highest BCUT2D eigenvalue weighted by atomic mass is 35.5. The number of aromatic nitrogens is 3. The number of hydrogen-bond acceptors (Lipinski definition) is 4. The second kappa shape index (κ2) is 5.34. The maximum Gasteiger partial charge on any atom is 0.248 e. The molecule has 0 radical (unpaired) electrons. The maximum absolute atomic E-state index is 12.4. The summed E-state index contributed by atoms with van der Waals surface area (Å²) in [5, 5.41) is 13.4. The Morgan fingerprint density at radius 3 is 3.00 bits per heavy atom. The zero-order valence-corrected chi connectivity index (χ0v) is 12.0. The summed E-state index contributed by atoms with van der Waals surface area (Å²) in [4.78, 5) is 23.9. The van der Waals surface area contributed by atoms with Gasteiger partial charge in [-0.25, -0.2) is 0 Å². The molecule has 0 bridgehead atoms. The molecule has 1 aliphatic heterocycles. The summed E-state index contributed by atoms with van der Waals surface area (Å²) in [6.45, 7) is 0. The molecule has 0 aliphatic carbocycles. The molecule has 3 rings (SSSR count). The lowest BCUT2D eigenvalue weighted by molar-refractivity contribution is -0.125. The van der Waals surface area contributed by atoms with Crippen LogP contribution >= 0.6 is 23.2 Å². The minimum absolute atomic E-state index is 0.00207. The topological polar surface area (TPSA) is 88.9 Å². The van der Waals surface area contributed by atoms with Crippen LogP contribution in [-0.2, 0) is 9.59 Å². The van der Waals surface area contributed by atoms with Gasteiger partial charge in [0.05, 0.1) is 17.1 Å². The van der Waals surface area contributed by atoms with E-state index in [9.17, 15) is 9.59 Å². The number of carbonyl (C=O) groups is 2. The zero-order valence-electron chi connectivity index (χ0n) is 10.5. The molecular weight excluding hydrogens is 317 g/mol. The largest absolute Gasteiger partial charge is 0.323 e. The number of carbonyl (C=O) groups excluding carboxylic acids is 2. The van der Waals surface area contributed by atoms with Crippen LogP contribution in [0.15, 0.2) is 24.5 Å². The Hall–Kier alpha value is -2.12. The number of benzene rings is 1. The van der Waals surface area contributed by atoms with Gasteiger partial charge in [-0.15, -0.1) is 10.2 Å². The van der Waals surface area contributed by atoms with E-state index >= 15 is 0 Å². The molecule has 1 aromatic carbocycles. The van der Waals surface area contributed by atoms with Crippen LogP contribution in [0, 0.1) is 0 Å². The predicted octanol–water partition coefficient (Wildman–Crippen LogP) is 2.11. The molecule has 0 fully saturated rings. The van der Waals surface area contributed by atoms with Gasteiger partial charge in [0.15, 0.2) is 0 Å². The molecule has 1 aliphatic rings. The molecule has 2 amide bonds. The van der Waals surface area contributed by atoms with E-state index in [0.29, 0.717) is 15.7 Å². The molecule has 9 heteroatoms. The summed E-state index contributed by atoms with van der Waals surface area (Å²) >= 11 is 11.8. The predicted molar refractivity (Wildman–Crippen MR) is 77.4 cm³/mol. The van der Waals surface area contributed by atoms with Crippen molar-refractivity contribution in [2.75, 3.05) is 10.6 Å². The molecule has 0 spiro atoms. The standard InChI is InChI=1S/C12H9Cl2N5O2/c13-6-1-2-8(7(14)3-6)16-11(21)9-4-10(20)17-12-18-15-5-19(9)12/h1-3,5,9H,4H2,(H,16,21)(H,17,18,20). The highest BCUT2D eigenvalue weighted by Gasteiger charge is 2.31. The molecule has 1 atom stereocenters. The summed E-state index contributed by atoms with van der Waals surface area (Å²) in [7, 11) is 0. The number of anilines is 2. The van der Waals surface area contributed by atoms with E-state index in [0.717, 1.165) is 0 Å². The normalized spacial score (nSPS) is 17.0. The lowest BCUT2D eigenvalue weighted by atomic mass is 10.1. The average Bonchev–Trinajstić information content (AvgIpc) is 2.88. The van der Waals surface area contributed by atoms with Crippen molar-refractivity contribution in [2.45, 2.75) is 12.5 Å². The van der Waals surface area contributed by atoms with E-state index in [4.69, 9.17) is 23.2 Å². The fourth-order valence-corrected chi connectivity index (χ4v) is 2.49. The third-order valence-electron chi connectivity index (χ3n) is 3.03. The number of rotatable bonds is 2. The van der Waals surface area contributed by atoms with Crippen LogP contribution in [0.25, 0.3) is 0 Å². The summed E-state index contributed by atoms with van der Waals surface area (Å²) in [6, 6.07) is 4.01. The summed E-state index contributed by atoms with van der Waals surface area (Å²) < 4.78 is 1.50. The first-order valence-electron chi connectivity index (χ1n) is 6.00. The lowest BCUT2D eigenvalue weighted by Gasteiger charge is -2.23. The van der Waals surface area contributed by atoms with E-state index in [2.05, 4.69) is 20.8 Å². The van der Waals surface area contributed by atoms with Crippen LogP contribution in [0.4, 0.5) is 11.6 Å². The van der Waals surface area contributed by atoms with Gasteiger partial charge in [-0.2, -0.15) is 0 Å². The van der Waals surface area contributed by atoms with Crippen LogP contribution in [0.2, 0.25) is 10.0 Å². The highest BCUT2D eigenvalue weighted by molar-refractivity contribution is 6.36. The van der Waals surface area contributed by atoms with E-state index in [1.807, 2.05) is 0 Å². The monoisotopic (exact) mass is 325 g/mol. The summed E-state index contributed by atoms with van der Waals surface area (Å²) in [5.41, 5.74) is 0.423. The third kappa shape index (κ3) is 2.70. The Balaban J connectivity index is 1.85.